The first kappa shape index (κ1) is 11.8. The van der Waals surface area contributed by atoms with Crippen LogP contribution in [0.1, 0.15) is 40.0 Å². The fourth-order valence-electron chi connectivity index (χ4n) is 2.79. The molecule has 78 valence electrons. The molecule has 0 radical (unpaired) electrons. The molecule has 0 atom stereocenters. The topological polar surface area (TPSA) is 3.24 Å². The minimum atomic E-state index is -1.76. The van der Waals surface area contributed by atoms with E-state index in [0.717, 1.165) is 0 Å². The van der Waals surface area contributed by atoms with Gasteiger partial charge in [-0.1, -0.05) is 0 Å². The third-order valence-electron chi connectivity index (χ3n) is 4.00. The molecule has 1 fully saturated rings. The van der Waals surface area contributed by atoms with Crippen LogP contribution in [0.15, 0.2) is 0 Å². The number of nitrogens with zero attached hydrogens (tertiary/aromatic N) is 1. The van der Waals surface area contributed by atoms with Crippen LogP contribution in [0.3, 0.4) is 0 Å². The van der Waals surface area contributed by atoms with Crippen molar-refractivity contribution in [1.29, 1.82) is 0 Å². The maximum atomic E-state index is 2.96. The Labute approximate surface area is 88.1 Å². The summed E-state index contributed by atoms with van der Waals surface area (Å²) in [6.45, 7) is 10.2. The summed E-state index contributed by atoms with van der Waals surface area (Å²) in [5, 5.41) is 0. The predicted molar refractivity (Wildman–Crippen MR) is 62.6 cm³/mol. The Kier molecular flexibility index (Phi) is 5.09. The summed E-state index contributed by atoms with van der Waals surface area (Å²) in [7, 11) is 0. The van der Waals surface area contributed by atoms with Gasteiger partial charge >= 0.3 is 88.2 Å². The number of hydrogen-bond donors (Lipinski definition) is 0. The van der Waals surface area contributed by atoms with E-state index in [-0.39, 0.29) is 0 Å². The normalized spacial score (nSPS) is 20.5. The van der Waals surface area contributed by atoms with Gasteiger partial charge in [-0.2, -0.15) is 0 Å². The standard InChI is InChI=1S/C5H10N.3C2H5.Sn/c1-2-4-6-5-3-1;3*1-2;/h1-5H2;3*1H2,2H3;/q-1;;;;+1. The van der Waals surface area contributed by atoms with E-state index in [0.29, 0.717) is 0 Å². The van der Waals surface area contributed by atoms with Crippen molar-refractivity contribution in [2.45, 2.75) is 53.3 Å². The van der Waals surface area contributed by atoms with E-state index in [9.17, 15) is 0 Å². The van der Waals surface area contributed by atoms with E-state index in [4.69, 9.17) is 0 Å². The Morgan fingerprint density at radius 1 is 0.846 bits per heavy atom. The predicted octanol–water partition coefficient (Wildman–Crippen LogP) is 3.48. The summed E-state index contributed by atoms with van der Waals surface area (Å²) in [5.41, 5.74) is 0. The van der Waals surface area contributed by atoms with Crippen LogP contribution in [0.25, 0.3) is 0 Å². The van der Waals surface area contributed by atoms with Crippen LogP contribution in [0.2, 0.25) is 13.3 Å². The van der Waals surface area contributed by atoms with E-state index in [1.165, 1.54) is 45.7 Å². The van der Waals surface area contributed by atoms with Crippen LogP contribution >= 0.6 is 0 Å². The molecule has 1 nitrogen and oxygen atoms in total. The fourth-order valence-corrected chi connectivity index (χ4v) is 14.5. The Morgan fingerprint density at radius 2 is 1.31 bits per heavy atom. The van der Waals surface area contributed by atoms with Crippen molar-refractivity contribution in [1.82, 2.24) is 3.12 Å². The van der Waals surface area contributed by atoms with Gasteiger partial charge in [-0.25, -0.2) is 0 Å². The monoisotopic (exact) mass is 291 g/mol. The molecular weight excluding hydrogens is 265 g/mol. The van der Waals surface area contributed by atoms with Gasteiger partial charge in [0.2, 0.25) is 0 Å². The van der Waals surface area contributed by atoms with Crippen molar-refractivity contribution in [2.75, 3.05) is 13.1 Å². The van der Waals surface area contributed by atoms with Crippen LogP contribution in [-0.4, -0.2) is 34.9 Å². The van der Waals surface area contributed by atoms with Crippen LogP contribution in [0, 0.1) is 0 Å². The zero-order valence-electron chi connectivity index (χ0n) is 9.60. The van der Waals surface area contributed by atoms with Gasteiger partial charge < -0.3 is 0 Å². The second-order valence-electron chi connectivity index (χ2n) is 4.33. The fraction of sp³-hybridized carbons (Fsp3) is 1.00. The SMILES string of the molecule is C[CH2][Sn]([CH2]C)([CH2]C)[N]1CCCCC1. The second-order valence-corrected chi connectivity index (χ2v) is 19.2. The van der Waals surface area contributed by atoms with Gasteiger partial charge in [0.1, 0.15) is 0 Å². The van der Waals surface area contributed by atoms with Gasteiger partial charge in [0.25, 0.3) is 0 Å². The molecule has 0 spiro atoms. The molecule has 0 aliphatic carbocycles. The van der Waals surface area contributed by atoms with Crippen molar-refractivity contribution in [3.05, 3.63) is 0 Å². The Morgan fingerprint density at radius 3 is 1.69 bits per heavy atom. The van der Waals surface area contributed by atoms with E-state index in [2.05, 4.69) is 23.9 Å². The third-order valence-corrected chi connectivity index (χ3v) is 20.4. The molecule has 1 aliphatic rings. The van der Waals surface area contributed by atoms with E-state index in [1.807, 2.05) is 0 Å². The molecule has 1 saturated heterocycles. The van der Waals surface area contributed by atoms with Gasteiger partial charge in [-0.3, -0.25) is 0 Å². The van der Waals surface area contributed by atoms with Crippen molar-refractivity contribution in [2.24, 2.45) is 0 Å². The van der Waals surface area contributed by atoms with Crippen LogP contribution < -0.4 is 0 Å². The van der Waals surface area contributed by atoms with Crippen molar-refractivity contribution in [3.63, 3.8) is 0 Å². The molecule has 0 saturated carbocycles. The third kappa shape index (κ3) is 2.62. The van der Waals surface area contributed by atoms with Gasteiger partial charge in [0.15, 0.2) is 0 Å². The first-order valence-corrected chi connectivity index (χ1v) is 13.4. The molecule has 1 heterocycles. The molecule has 2 heteroatoms. The molecule has 1 aliphatic heterocycles. The van der Waals surface area contributed by atoms with Crippen molar-refractivity contribution >= 4 is 18.7 Å². The Hall–Kier alpha value is 0.759. The van der Waals surface area contributed by atoms with Crippen LogP contribution in [0.5, 0.6) is 0 Å². The molecular formula is C11H25NSn. The summed E-state index contributed by atoms with van der Waals surface area (Å²) in [6.07, 6.45) is 4.42. The average Bonchev–Trinajstić information content (AvgIpc) is 2.23. The summed E-state index contributed by atoms with van der Waals surface area (Å²) < 4.78 is 7.54. The second kappa shape index (κ2) is 5.59. The van der Waals surface area contributed by atoms with Gasteiger partial charge in [-0.15, -0.1) is 0 Å². The Bertz CT molecular complexity index is 129. The molecule has 13 heavy (non-hydrogen) atoms. The zero-order chi connectivity index (χ0) is 9.73. The summed E-state index contributed by atoms with van der Waals surface area (Å²) in [6, 6.07) is 0. The molecule has 0 aromatic carbocycles. The average molecular weight is 290 g/mol. The van der Waals surface area contributed by atoms with Gasteiger partial charge in [-0.05, 0) is 0 Å². The van der Waals surface area contributed by atoms with Crippen LogP contribution in [-0.2, 0) is 0 Å². The van der Waals surface area contributed by atoms with E-state index < -0.39 is 18.7 Å². The molecule has 0 N–H and O–H groups in total. The van der Waals surface area contributed by atoms with Crippen molar-refractivity contribution < 1.29 is 0 Å². The first-order valence-electron chi connectivity index (χ1n) is 6.04. The quantitative estimate of drug-likeness (QED) is 0.716. The number of rotatable bonds is 4. The van der Waals surface area contributed by atoms with Gasteiger partial charge in [0, 0.05) is 0 Å². The number of piperidine rings is 1. The summed E-state index contributed by atoms with van der Waals surface area (Å²) in [4.78, 5) is 0. The summed E-state index contributed by atoms with van der Waals surface area (Å²) in [5.74, 6) is 0. The molecule has 1 rings (SSSR count). The van der Waals surface area contributed by atoms with E-state index >= 15 is 0 Å². The maximum absolute atomic E-state index is 2.96. The molecule has 0 amide bonds. The molecule has 0 bridgehead atoms. The summed E-state index contributed by atoms with van der Waals surface area (Å²) >= 11 is -1.76. The molecule has 0 aromatic heterocycles. The van der Waals surface area contributed by atoms with Crippen molar-refractivity contribution in [3.8, 4) is 0 Å². The number of hydrogen-bond acceptors (Lipinski definition) is 1. The van der Waals surface area contributed by atoms with Gasteiger partial charge in [0.05, 0.1) is 0 Å². The molecule has 0 unspecified atom stereocenters. The van der Waals surface area contributed by atoms with E-state index in [1.54, 1.807) is 0 Å². The zero-order valence-corrected chi connectivity index (χ0v) is 12.5. The minimum absolute atomic E-state index is 1.44. The Balaban J connectivity index is 2.60. The van der Waals surface area contributed by atoms with Crippen LogP contribution in [0.4, 0.5) is 0 Å². The first-order chi connectivity index (χ1) is 6.29. The molecule has 0 aromatic rings.